The van der Waals surface area contributed by atoms with Gasteiger partial charge in [0.05, 0.1) is 11.5 Å². The summed E-state index contributed by atoms with van der Waals surface area (Å²) in [6, 6.07) is 0.415. The van der Waals surface area contributed by atoms with E-state index < -0.39 is 9.84 Å². The summed E-state index contributed by atoms with van der Waals surface area (Å²) in [5.41, 5.74) is 5.86. The summed E-state index contributed by atoms with van der Waals surface area (Å²) in [5, 5.41) is 0. The third-order valence-electron chi connectivity index (χ3n) is 4.03. The Kier molecular flexibility index (Phi) is 3.87. The number of rotatable bonds is 3. The van der Waals surface area contributed by atoms with Gasteiger partial charge < -0.3 is 5.73 Å². The van der Waals surface area contributed by atoms with Crippen LogP contribution in [-0.2, 0) is 9.84 Å². The molecule has 1 saturated heterocycles. The molecule has 5 heteroatoms. The highest BCUT2D eigenvalue weighted by molar-refractivity contribution is 7.91. The SMILES string of the molecule is NCC(C1CCCC1)N1CCS(=O)(=O)CC1. The van der Waals surface area contributed by atoms with Gasteiger partial charge in [0.15, 0.2) is 9.84 Å². The minimum atomic E-state index is -2.76. The Balaban J connectivity index is 1.95. The van der Waals surface area contributed by atoms with Gasteiger partial charge >= 0.3 is 0 Å². The normalized spacial score (nSPS) is 29.3. The van der Waals surface area contributed by atoms with Gasteiger partial charge in [-0.25, -0.2) is 8.42 Å². The summed E-state index contributed by atoms with van der Waals surface area (Å²) in [7, 11) is -2.76. The maximum absolute atomic E-state index is 11.4. The lowest BCUT2D eigenvalue weighted by atomic mass is 9.96. The zero-order valence-electron chi connectivity index (χ0n) is 9.77. The quantitative estimate of drug-likeness (QED) is 0.774. The van der Waals surface area contributed by atoms with Gasteiger partial charge in [0.1, 0.15) is 0 Å². The van der Waals surface area contributed by atoms with Crippen LogP contribution >= 0.6 is 0 Å². The van der Waals surface area contributed by atoms with Gasteiger partial charge in [0.25, 0.3) is 0 Å². The van der Waals surface area contributed by atoms with E-state index in [0.717, 1.165) is 0 Å². The molecule has 1 aliphatic carbocycles. The molecule has 0 amide bonds. The van der Waals surface area contributed by atoms with E-state index in [-0.39, 0.29) is 0 Å². The summed E-state index contributed by atoms with van der Waals surface area (Å²) >= 11 is 0. The van der Waals surface area contributed by atoms with E-state index >= 15 is 0 Å². The summed E-state index contributed by atoms with van der Waals surface area (Å²) < 4.78 is 22.7. The third-order valence-corrected chi connectivity index (χ3v) is 5.64. The molecule has 16 heavy (non-hydrogen) atoms. The van der Waals surface area contributed by atoms with Crippen molar-refractivity contribution < 1.29 is 8.42 Å². The van der Waals surface area contributed by atoms with E-state index in [9.17, 15) is 8.42 Å². The molecule has 4 nitrogen and oxygen atoms in total. The number of sulfone groups is 1. The molecule has 94 valence electrons. The Hall–Kier alpha value is -0.130. The van der Waals surface area contributed by atoms with Crippen molar-refractivity contribution in [2.24, 2.45) is 11.7 Å². The second kappa shape index (κ2) is 5.02. The summed E-state index contributed by atoms with van der Waals surface area (Å²) in [4.78, 5) is 2.30. The molecule has 0 aromatic heterocycles. The van der Waals surface area contributed by atoms with Crippen LogP contribution in [-0.4, -0.2) is 50.5 Å². The highest BCUT2D eigenvalue weighted by Crippen LogP contribution is 2.30. The Morgan fingerprint density at radius 3 is 2.25 bits per heavy atom. The molecular weight excluding hydrogens is 224 g/mol. The summed E-state index contributed by atoms with van der Waals surface area (Å²) in [5.74, 6) is 1.33. The Labute approximate surface area is 98.1 Å². The molecule has 0 radical (unpaired) electrons. The highest BCUT2D eigenvalue weighted by Gasteiger charge is 2.32. The Morgan fingerprint density at radius 2 is 1.75 bits per heavy atom. The lowest BCUT2D eigenvalue weighted by molar-refractivity contribution is 0.159. The lowest BCUT2D eigenvalue weighted by Gasteiger charge is -2.37. The van der Waals surface area contributed by atoms with Crippen molar-refractivity contribution in [3.8, 4) is 0 Å². The van der Waals surface area contributed by atoms with E-state index in [4.69, 9.17) is 5.73 Å². The van der Waals surface area contributed by atoms with E-state index in [1.807, 2.05) is 0 Å². The molecule has 1 unspecified atom stereocenters. The van der Waals surface area contributed by atoms with Crippen LogP contribution in [0.15, 0.2) is 0 Å². The number of hydrogen-bond donors (Lipinski definition) is 1. The number of hydrogen-bond acceptors (Lipinski definition) is 4. The molecule has 1 saturated carbocycles. The van der Waals surface area contributed by atoms with E-state index in [2.05, 4.69) is 4.90 Å². The van der Waals surface area contributed by atoms with Crippen LogP contribution in [0, 0.1) is 5.92 Å². The minimum Gasteiger partial charge on any atom is -0.329 e. The first kappa shape index (κ1) is 12.3. The van der Waals surface area contributed by atoms with Gasteiger partial charge in [0.2, 0.25) is 0 Å². The van der Waals surface area contributed by atoms with Crippen LogP contribution in [0.5, 0.6) is 0 Å². The number of nitrogens with zero attached hydrogens (tertiary/aromatic N) is 1. The fraction of sp³-hybridized carbons (Fsp3) is 1.00. The van der Waals surface area contributed by atoms with Crippen molar-refractivity contribution in [3.63, 3.8) is 0 Å². The predicted octanol–water partition coefficient (Wildman–Crippen LogP) is 0.234. The Morgan fingerprint density at radius 1 is 1.19 bits per heavy atom. The molecule has 0 bridgehead atoms. The topological polar surface area (TPSA) is 63.4 Å². The van der Waals surface area contributed by atoms with Crippen molar-refractivity contribution in [1.29, 1.82) is 0 Å². The smallest absolute Gasteiger partial charge is 0.152 e. The van der Waals surface area contributed by atoms with Crippen LogP contribution in [0.2, 0.25) is 0 Å². The largest absolute Gasteiger partial charge is 0.329 e. The van der Waals surface area contributed by atoms with Crippen LogP contribution in [0.1, 0.15) is 25.7 Å². The standard InChI is InChI=1S/C11H22N2O2S/c12-9-11(10-3-1-2-4-10)13-5-7-16(14,15)8-6-13/h10-11H,1-9,12H2. The van der Waals surface area contributed by atoms with Gasteiger partial charge in [-0.3, -0.25) is 4.90 Å². The van der Waals surface area contributed by atoms with Gasteiger partial charge in [-0.2, -0.15) is 0 Å². The second-order valence-electron chi connectivity index (χ2n) is 5.04. The average molecular weight is 246 g/mol. The van der Waals surface area contributed by atoms with Gasteiger partial charge in [-0.15, -0.1) is 0 Å². The first-order chi connectivity index (χ1) is 7.62. The van der Waals surface area contributed by atoms with Crippen molar-refractivity contribution >= 4 is 9.84 Å². The summed E-state index contributed by atoms with van der Waals surface area (Å²) in [6.07, 6.45) is 5.16. The fourth-order valence-corrected chi connectivity index (χ4v) is 4.27. The van der Waals surface area contributed by atoms with Gasteiger partial charge in [-0.1, -0.05) is 12.8 Å². The highest BCUT2D eigenvalue weighted by atomic mass is 32.2. The molecule has 2 N–H and O–H groups in total. The first-order valence-corrected chi connectivity index (χ1v) is 8.09. The molecule has 1 atom stereocenters. The third kappa shape index (κ3) is 2.76. The van der Waals surface area contributed by atoms with Crippen molar-refractivity contribution in [3.05, 3.63) is 0 Å². The molecule has 1 aliphatic heterocycles. The van der Waals surface area contributed by atoms with E-state index in [1.54, 1.807) is 0 Å². The first-order valence-electron chi connectivity index (χ1n) is 6.27. The maximum Gasteiger partial charge on any atom is 0.152 e. The molecule has 2 rings (SSSR count). The average Bonchev–Trinajstić information content (AvgIpc) is 2.75. The molecule has 0 aromatic carbocycles. The molecule has 2 aliphatic rings. The van der Waals surface area contributed by atoms with Crippen molar-refractivity contribution in [1.82, 2.24) is 4.90 Å². The van der Waals surface area contributed by atoms with Crippen LogP contribution in [0.25, 0.3) is 0 Å². The molecule has 2 fully saturated rings. The van der Waals surface area contributed by atoms with E-state index in [1.165, 1.54) is 25.7 Å². The van der Waals surface area contributed by atoms with Crippen molar-refractivity contribution in [2.45, 2.75) is 31.7 Å². The predicted molar refractivity (Wildman–Crippen MR) is 65.0 cm³/mol. The molecule has 0 spiro atoms. The zero-order chi connectivity index (χ0) is 11.6. The van der Waals surface area contributed by atoms with Crippen molar-refractivity contribution in [2.75, 3.05) is 31.1 Å². The van der Waals surface area contributed by atoms with Crippen LogP contribution < -0.4 is 5.73 Å². The Bertz CT molecular complexity index is 309. The maximum atomic E-state index is 11.4. The molecule has 1 heterocycles. The molecule has 0 aromatic rings. The lowest BCUT2D eigenvalue weighted by Crippen LogP contribution is -2.51. The monoisotopic (exact) mass is 246 g/mol. The van der Waals surface area contributed by atoms with Gasteiger partial charge in [0, 0.05) is 25.7 Å². The molecular formula is C11H22N2O2S. The zero-order valence-corrected chi connectivity index (χ0v) is 10.6. The minimum absolute atomic E-state index is 0.316. The second-order valence-corrected chi connectivity index (χ2v) is 7.34. The number of nitrogens with two attached hydrogens (primary N) is 1. The van der Waals surface area contributed by atoms with Gasteiger partial charge in [-0.05, 0) is 18.8 Å². The van der Waals surface area contributed by atoms with E-state index in [0.29, 0.717) is 43.1 Å². The van der Waals surface area contributed by atoms with Crippen LogP contribution in [0.4, 0.5) is 0 Å². The van der Waals surface area contributed by atoms with Crippen LogP contribution in [0.3, 0.4) is 0 Å². The summed E-state index contributed by atoms with van der Waals surface area (Å²) in [6.45, 7) is 2.03. The fourth-order valence-electron chi connectivity index (χ4n) is 3.04.